The number of hydrogen-bond acceptors (Lipinski definition) is 4. The first kappa shape index (κ1) is 29.4. The van der Waals surface area contributed by atoms with Gasteiger partial charge in [0.15, 0.2) is 0 Å². The van der Waals surface area contributed by atoms with Crippen LogP contribution >= 0.6 is 0 Å². The molecule has 0 atom stereocenters. The molecule has 5 nitrogen and oxygen atoms in total. The quantitative estimate of drug-likeness (QED) is 0.320. The summed E-state index contributed by atoms with van der Waals surface area (Å²) >= 11 is 0. The number of rotatable bonds is 5. The van der Waals surface area contributed by atoms with E-state index in [1.165, 1.54) is 28.8 Å². The Morgan fingerprint density at radius 2 is 1.57 bits per heavy atom. The van der Waals surface area contributed by atoms with Crippen LogP contribution in [0, 0.1) is 20.8 Å². The van der Waals surface area contributed by atoms with Crippen molar-refractivity contribution in [1.29, 1.82) is 0 Å². The van der Waals surface area contributed by atoms with E-state index in [1.54, 1.807) is 11.1 Å². The van der Waals surface area contributed by atoms with Crippen LogP contribution in [-0.4, -0.2) is 40.7 Å². The molecule has 4 rings (SSSR count). The average molecular weight is 554 g/mol. The van der Waals surface area contributed by atoms with Crippen LogP contribution in [0.25, 0.3) is 11.3 Å². The number of amides is 1. The number of anilines is 1. The second kappa shape index (κ2) is 11.5. The highest BCUT2D eigenvalue weighted by molar-refractivity contribution is 5.68. The fourth-order valence-electron chi connectivity index (χ4n) is 5.07. The summed E-state index contributed by atoms with van der Waals surface area (Å²) in [5.74, 6) is 0. The Balaban J connectivity index is 1.60. The van der Waals surface area contributed by atoms with Crippen molar-refractivity contribution in [1.82, 2.24) is 9.88 Å². The maximum atomic E-state index is 13.3. The maximum absolute atomic E-state index is 13.3. The Labute approximate surface area is 235 Å². The number of ether oxygens (including phenoxy) is 1. The van der Waals surface area contributed by atoms with Gasteiger partial charge in [-0.25, -0.2) is 4.79 Å². The van der Waals surface area contributed by atoms with Gasteiger partial charge in [0.1, 0.15) is 5.60 Å². The molecule has 1 amide bonds. The van der Waals surface area contributed by atoms with Crippen molar-refractivity contribution in [2.45, 2.75) is 78.7 Å². The molecule has 8 heteroatoms. The molecular weight excluding hydrogens is 515 g/mol. The first-order valence-electron chi connectivity index (χ1n) is 13.7. The molecule has 0 aliphatic carbocycles. The van der Waals surface area contributed by atoms with Gasteiger partial charge in [0.25, 0.3) is 0 Å². The number of nitrogens with zero attached hydrogens (tertiary/aromatic N) is 3. The van der Waals surface area contributed by atoms with Crippen molar-refractivity contribution in [2.75, 3.05) is 18.0 Å². The fourth-order valence-corrected chi connectivity index (χ4v) is 5.07. The molecule has 0 saturated carbocycles. The summed E-state index contributed by atoms with van der Waals surface area (Å²) in [6.07, 6.45) is -1.60. The van der Waals surface area contributed by atoms with Gasteiger partial charge in [0.05, 0.1) is 11.3 Å². The predicted octanol–water partition coefficient (Wildman–Crippen LogP) is 8.10. The topological polar surface area (TPSA) is 45.7 Å². The summed E-state index contributed by atoms with van der Waals surface area (Å²) in [6, 6.07) is 13.7. The lowest BCUT2D eigenvalue weighted by molar-refractivity contribution is -0.137. The Hall–Kier alpha value is -3.55. The van der Waals surface area contributed by atoms with Crippen LogP contribution in [0.2, 0.25) is 0 Å². The van der Waals surface area contributed by atoms with E-state index in [0.717, 1.165) is 29.0 Å². The van der Waals surface area contributed by atoms with E-state index in [1.807, 2.05) is 26.8 Å². The number of piperidine rings is 1. The van der Waals surface area contributed by atoms with Gasteiger partial charge in [-0.05, 0) is 125 Å². The third-order valence-corrected chi connectivity index (χ3v) is 7.48. The normalized spacial score (nSPS) is 14.8. The van der Waals surface area contributed by atoms with Gasteiger partial charge in [0, 0.05) is 43.1 Å². The number of alkyl halides is 3. The van der Waals surface area contributed by atoms with Gasteiger partial charge in [-0.1, -0.05) is 0 Å². The minimum Gasteiger partial charge on any atom is -0.444 e. The van der Waals surface area contributed by atoms with Crippen molar-refractivity contribution < 1.29 is 22.7 Å². The van der Waals surface area contributed by atoms with E-state index in [2.05, 4.69) is 48.9 Å². The molecule has 0 N–H and O–H groups in total. The van der Waals surface area contributed by atoms with Crippen LogP contribution in [0.3, 0.4) is 0 Å². The number of aromatic nitrogens is 1. The summed E-state index contributed by atoms with van der Waals surface area (Å²) in [5.41, 5.74) is 6.02. The largest absolute Gasteiger partial charge is 0.444 e. The second-order valence-electron chi connectivity index (χ2n) is 11.7. The zero-order chi connectivity index (χ0) is 29.2. The standard InChI is InChI=1S/C32H38F3N3O2/c1-21-17-25(18-22(2)23(21)3)29-19-24(11-14-36-29)20-38(27-9-7-26(8-10-27)32(33,34)35)28-12-15-37(16-13-28)30(39)40-31(4,5)6/h7-11,14,17-19,28H,12-13,15-16,20H2,1-6H3. The molecule has 0 unspecified atom stereocenters. The van der Waals surface area contributed by atoms with Crippen molar-refractivity contribution >= 4 is 11.8 Å². The van der Waals surface area contributed by atoms with Crippen molar-refractivity contribution in [3.63, 3.8) is 0 Å². The minimum atomic E-state index is -4.40. The molecule has 1 aliphatic rings. The molecule has 3 aromatic rings. The number of benzene rings is 2. The lowest BCUT2D eigenvalue weighted by Crippen LogP contribution is -2.48. The Kier molecular flexibility index (Phi) is 8.47. The maximum Gasteiger partial charge on any atom is 0.416 e. The zero-order valence-electron chi connectivity index (χ0n) is 24.1. The molecule has 1 aliphatic heterocycles. The summed E-state index contributed by atoms with van der Waals surface area (Å²) in [6.45, 7) is 13.3. The molecule has 1 saturated heterocycles. The van der Waals surface area contributed by atoms with Crippen LogP contribution in [-0.2, 0) is 17.5 Å². The average Bonchev–Trinajstić information content (AvgIpc) is 2.89. The lowest BCUT2D eigenvalue weighted by atomic mass is 9.98. The second-order valence-corrected chi connectivity index (χ2v) is 11.7. The van der Waals surface area contributed by atoms with Crippen LogP contribution in [0.4, 0.5) is 23.7 Å². The smallest absolute Gasteiger partial charge is 0.416 e. The molecule has 1 fully saturated rings. The van der Waals surface area contributed by atoms with E-state index < -0.39 is 17.3 Å². The van der Waals surface area contributed by atoms with Gasteiger partial charge < -0.3 is 14.5 Å². The number of likely N-dealkylation sites (tertiary alicyclic amines) is 1. The van der Waals surface area contributed by atoms with Crippen LogP contribution < -0.4 is 4.90 Å². The van der Waals surface area contributed by atoms with E-state index in [9.17, 15) is 18.0 Å². The Morgan fingerprint density at radius 3 is 2.12 bits per heavy atom. The van der Waals surface area contributed by atoms with Crippen LogP contribution in [0.1, 0.15) is 61.4 Å². The highest BCUT2D eigenvalue weighted by Gasteiger charge is 2.32. The predicted molar refractivity (Wildman–Crippen MR) is 152 cm³/mol. The van der Waals surface area contributed by atoms with Crippen molar-refractivity contribution in [2.24, 2.45) is 0 Å². The third-order valence-electron chi connectivity index (χ3n) is 7.48. The summed E-state index contributed by atoms with van der Waals surface area (Å²) in [7, 11) is 0. The minimum absolute atomic E-state index is 0.0379. The van der Waals surface area contributed by atoms with Gasteiger partial charge in [-0.3, -0.25) is 4.98 Å². The molecule has 2 heterocycles. The monoisotopic (exact) mass is 553 g/mol. The number of pyridine rings is 1. The molecular formula is C32H38F3N3O2. The van der Waals surface area contributed by atoms with E-state index in [4.69, 9.17) is 4.74 Å². The summed E-state index contributed by atoms with van der Waals surface area (Å²) in [4.78, 5) is 21.1. The zero-order valence-corrected chi connectivity index (χ0v) is 24.1. The van der Waals surface area contributed by atoms with E-state index in [-0.39, 0.29) is 12.1 Å². The van der Waals surface area contributed by atoms with Crippen LogP contribution in [0.5, 0.6) is 0 Å². The first-order valence-corrected chi connectivity index (χ1v) is 13.7. The van der Waals surface area contributed by atoms with Gasteiger partial charge in [-0.15, -0.1) is 0 Å². The third kappa shape index (κ3) is 7.14. The fraction of sp³-hybridized carbons (Fsp3) is 0.438. The molecule has 2 aromatic carbocycles. The summed E-state index contributed by atoms with van der Waals surface area (Å²) < 4.78 is 45.4. The number of carbonyl (C=O) groups excluding carboxylic acids is 1. The number of carbonyl (C=O) groups is 1. The molecule has 214 valence electrons. The molecule has 0 bridgehead atoms. The van der Waals surface area contributed by atoms with E-state index >= 15 is 0 Å². The van der Waals surface area contributed by atoms with Gasteiger partial charge >= 0.3 is 12.3 Å². The first-order chi connectivity index (χ1) is 18.7. The van der Waals surface area contributed by atoms with E-state index in [0.29, 0.717) is 38.2 Å². The summed E-state index contributed by atoms with van der Waals surface area (Å²) in [5, 5.41) is 0. The highest BCUT2D eigenvalue weighted by Crippen LogP contribution is 2.33. The van der Waals surface area contributed by atoms with Gasteiger partial charge in [-0.2, -0.15) is 13.2 Å². The number of halogens is 3. The molecule has 1 aromatic heterocycles. The number of hydrogen-bond donors (Lipinski definition) is 0. The highest BCUT2D eigenvalue weighted by atomic mass is 19.4. The van der Waals surface area contributed by atoms with Crippen molar-refractivity contribution in [3.05, 3.63) is 82.5 Å². The molecule has 0 spiro atoms. The van der Waals surface area contributed by atoms with Gasteiger partial charge in [0.2, 0.25) is 0 Å². The lowest BCUT2D eigenvalue weighted by Gasteiger charge is -2.40. The van der Waals surface area contributed by atoms with Crippen LogP contribution in [0.15, 0.2) is 54.7 Å². The Morgan fingerprint density at radius 1 is 0.975 bits per heavy atom. The SMILES string of the molecule is Cc1cc(-c2cc(CN(c3ccc(C(F)(F)F)cc3)C3CCN(C(=O)OC(C)(C)C)CC3)ccn2)cc(C)c1C. The number of aryl methyl sites for hydroxylation is 2. The Bertz CT molecular complexity index is 1320. The van der Waals surface area contributed by atoms with Crippen molar-refractivity contribution in [3.8, 4) is 11.3 Å². The molecule has 40 heavy (non-hydrogen) atoms. The molecule has 0 radical (unpaired) electrons.